The van der Waals surface area contributed by atoms with Gasteiger partial charge in [-0.2, -0.15) is 0 Å². The van der Waals surface area contributed by atoms with Crippen molar-refractivity contribution in [3.8, 4) is 11.5 Å². The molecular formula is C32H34FN5O3. The molecule has 1 aliphatic carbocycles. The van der Waals surface area contributed by atoms with Crippen LogP contribution in [0.5, 0.6) is 0 Å². The average molecular weight is 556 g/mol. The van der Waals surface area contributed by atoms with Crippen LogP contribution in [0.3, 0.4) is 0 Å². The van der Waals surface area contributed by atoms with Gasteiger partial charge in [-0.1, -0.05) is 12.1 Å². The number of hydrogen-bond donors (Lipinski definition) is 1. The summed E-state index contributed by atoms with van der Waals surface area (Å²) in [6, 6.07) is 17.0. The summed E-state index contributed by atoms with van der Waals surface area (Å²) in [4.78, 5) is 28.9. The summed E-state index contributed by atoms with van der Waals surface area (Å²) >= 11 is 0. The smallest absolute Gasteiger partial charge is 0.253 e. The van der Waals surface area contributed by atoms with E-state index in [9.17, 15) is 14.0 Å². The van der Waals surface area contributed by atoms with Crippen LogP contribution in [-0.2, 0) is 18.3 Å². The molecule has 0 fully saturated rings. The number of carbonyl (C=O) groups is 2. The maximum atomic E-state index is 13.6. The molecule has 0 saturated heterocycles. The number of hydrogen-bond acceptors (Lipinski definition) is 6. The van der Waals surface area contributed by atoms with Gasteiger partial charge < -0.3 is 20.0 Å². The lowest BCUT2D eigenvalue weighted by atomic mass is 9.68. The van der Waals surface area contributed by atoms with Gasteiger partial charge in [-0.15, -0.1) is 10.2 Å². The van der Waals surface area contributed by atoms with Crippen molar-refractivity contribution >= 4 is 11.8 Å². The van der Waals surface area contributed by atoms with Crippen molar-refractivity contribution in [3.05, 3.63) is 106 Å². The maximum Gasteiger partial charge on any atom is 0.253 e. The number of aryl methyl sites for hydroxylation is 2. The highest BCUT2D eigenvalue weighted by Gasteiger charge is 2.46. The van der Waals surface area contributed by atoms with Crippen LogP contribution in [0, 0.1) is 5.82 Å². The van der Waals surface area contributed by atoms with E-state index in [2.05, 4.69) is 10.2 Å². The molecular weight excluding hydrogens is 521 g/mol. The zero-order chi connectivity index (χ0) is 29.5. The molecule has 1 heterocycles. The number of amides is 2. The largest absolute Gasteiger partial charge is 0.419 e. The summed E-state index contributed by atoms with van der Waals surface area (Å²) in [5.74, 6) is 0.0528. The molecule has 4 aromatic rings. The van der Waals surface area contributed by atoms with E-state index in [1.54, 1.807) is 50.1 Å². The van der Waals surface area contributed by atoms with Gasteiger partial charge in [0.15, 0.2) is 0 Å². The Bertz CT molecular complexity index is 1540. The standard InChI is InChI=1S/C32H34FN5O3/c1-19(34)18-32(31-36-35-28(41-31)20-8-12-25(33)13-9-20)26-14-10-23(29(39)37(2)3)16-21(26)6-7-22-17-24(11-15-27(22)32)30(40)38(4)5/h8-17,19H,6-7,18,34H2,1-5H3/t19-/m1/s1. The van der Waals surface area contributed by atoms with Crippen molar-refractivity contribution in [2.75, 3.05) is 28.2 Å². The molecule has 1 aromatic heterocycles. The summed E-state index contributed by atoms with van der Waals surface area (Å²) in [5.41, 5.74) is 11.1. The highest BCUT2D eigenvalue weighted by atomic mass is 19.1. The molecule has 5 rings (SSSR count). The molecule has 0 spiro atoms. The van der Waals surface area contributed by atoms with Gasteiger partial charge in [0.25, 0.3) is 11.8 Å². The van der Waals surface area contributed by atoms with E-state index in [0.29, 0.717) is 41.8 Å². The van der Waals surface area contributed by atoms with E-state index in [4.69, 9.17) is 10.2 Å². The first-order chi connectivity index (χ1) is 19.5. The quantitative estimate of drug-likeness (QED) is 0.377. The van der Waals surface area contributed by atoms with Crippen LogP contribution in [0.25, 0.3) is 11.5 Å². The first kappa shape index (κ1) is 28.2. The fraction of sp³-hybridized carbons (Fsp3) is 0.312. The summed E-state index contributed by atoms with van der Waals surface area (Å²) in [6.45, 7) is 1.93. The molecule has 1 aliphatic rings. The first-order valence-electron chi connectivity index (χ1n) is 13.6. The third kappa shape index (κ3) is 5.13. The van der Waals surface area contributed by atoms with E-state index in [-0.39, 0.29) is 29.6 Å². The molecule has 3 aromatic carbocycles. The summed E-state index contributed by atoms with van der Waals surface area (Å²) in [5, 5.41) is 8.92. The molecule has 9 heteroatoms. The molecule has 2 N–H and O–H groups in total. The minimum absolute atomic E-state index is 0.0948. The predicted molar refractivity (Wildman–Crippen MR) is 154 cm³/mol. The molecule has 8 nitrogen and oxygen atoms in total. The molecule has 41 heavy (non-hydrogen) atoms. The van der Waals surface area contributed by atoms with Gasteiger partial charge in [0.2, 0.25) is 11.8 Å². The van der Waals surface area contributed by atoms with Crippen LogP contribution in [0.2, 0.25) is 0 Å². The van der Waals surface area contributed by atoms with Crippen LogP contribution in [-0.4, -0.2) is 66.0 Å². The fourth-order valence-corrected chi connectivity index (χ4v) is 5.76. The summed E-state index contributed by atoms with van der Waals surface area (Å²) < 4.78 is 20.0. The molecule has 0 saturated carbocycles. The highest BCUT2D eigenvalue weighted by Crippen LogP contribution is 2.48. The first-order valence-corrected chi connectivity index (χ1v) is 13.6. The number of fused-ring (bicyclic) bond motifs is 2. The van der Waals surface area contributed by atoms with Crippen molar-refractivity contribution in [3.63, 3.8) is 0 Å². The van der Waals surface area contributed by atoms with Gasteiger partial charge in [0, 0.05) is 50.9 Å². The predicted octanol–water partition coefficient (Wildman–Crippen LogP) is 4.45. The van der Waals surface area contributed by atoms with Gasteiger partial charge in [-0.05, 0) is 97.0 Å². The Labute approximate surface area is 239 Å². The van der Waals surface area contributed by atoms with Gasteiger partial charge in [0.05, 0.1) is 0 Å². The molecule has 0 radical (unpaired) electrons. The van der Waals surface area contributed by atoms with Crippen molar-refractivity contribution in [1.82, 2.24) is 20.0 Å². The Balaban J connectivity index is 1.78. The Morgan fingerprint density at radius 2 is 1.39 bits per heavy atom. The molecule has 2 amide bonds. The fourth-order valence-electron chi connectivity index (χ4n) is 5.76. The monoisotopic (exact) mass is 555 g/mol. The number of aromatic nitrogens is 2. The molecule has 212 valence electrons. The van der Waals surface area contributed by atoms with Gasteiger partial charge in [-0.3, -0.25) is 9.59 Å². The van der Waals surface area contributed by atoms with Crippen LogP contribution < -0.4 is 5.73 Å². The number of benzene rings is 3. The van der Waals surface area contributed by atoms with Crippen molar-refractivity contribution in [1.29, 1.82) is 0 Å². The van der Waals surface area contributed by atoms with Gasteiger partial charge >= 0.3 is 0 Å². The third-order valence-electron chi connectivity index (χ3n) is 7.61. The molecule has 0 unspecified atom stereocenters. The topological polar surface area (TPSA) is 106 Å². The Kier molecular flexibility index (Phi) is 7.48. The molecule has 0 aliphatic heterocycles. The Morgan fingerprint density at radius 1 is 0.878 bits per heavy atom. The lowest BCUT2D eigenvalue weighted by Gasteiger charge is -2.35. The van der Waals surface area contributed by atoms with E-state index in [1.165, 1.54) is 12.1 Å². The minimum Gasteiger partial charge on any atom is -0.419 e. The number of rotatable bonds is 6. The number of nitrogens with two attached hydrogens (primary N) is 1. The second kappa shape index (κ2) is 10.9. The van der Waals surface area contributed by atoms with Crippen molar-refractivity contribution < 1.29 is 18.4 Å². The number of nitrogens with zero attached hydrogens (tertiary/aromatic N) is 4. The van der Waals surface area contributed by atoms with Gasteiger partial charge in [-0.25, -0.2) is 4.39 Å². The van der Waals surface area contributed by atoms with Crippen LogP contribution in [0.1, 0.15) is 62.2 Å². The number of halogens is 1. The molecule has 0 bridgehead atoms. The maximum absolute atomic E-state index is 13.6. The van der Waals surface area contributed by atoms with Crippen LogP contribution >= 0.6 is 0 Å². The second-order valence-electron chi connectivity index (χ2n) is 11.1. The van der Waals surface area contributed by atoms with Crippen molar-refractivity contribution in [2.24, 2.45) is 5.73 Å². The van der Waals surface area contributed by atoms with Crippen LogP contribution in [0.15, 0.2) is 65.1 Å². The zero-order valence-corrected chi connectivity index (χ0v) is 23.9. The SMILES string of the molecule is C[C@@H](N)CC1(c2nnc(-c3ccc(F)cc3)o2)c2ccc(C(=O)N(C)C)cc2CCc2cc(C(=O)N(C)C)ccc21. The second-order valence-corrected chi connectivity index (χ2v) is 11.1. The lowest BCUT2D eigenvalue weighted by molar-refractivity contribution is 0.0820. The van der Waals surface area contributed by atoms with Crippen molar-refractivity contribution in [2.45, 2.75) is 37.6 Å². The normalized spacial score (nSPS) is 14.4. The summed E-state index contributed by atoms with van der Waals surface area (Å²) in [7, 11) is 6.90. The minimum atomic E-state index is -0.958. The third-order valence-corrected chi connectivity index (χ3v) is 7.61. The van der Waals surface area contributed by atoms with E-state index < -0.39 is 5.41 Å². The highest BCUT2D eigenvalue weighted by molar-refractivity contribution is 5.95. The van der Waals surface area contributed by atoms with Gasteiger partial charge in [0.1, 0.15) is 11.2 Å². The van der Waals surface area contributed by atoms with E-state index >= 15 is 0 Å². The van der Waals surface area contributed by atoms with Crippen LogP contribution in [0.4, 0.5) is 4.39 Å². The zero-order valence-electron chi connectivity index (χ0n) is 23.9. The number of carbonyl (C=O) groups excluding carboxylic acids is 2. The average Bonchev–Trinajstić information content (AvgIpc) is 3.40. The van der Waals surface area contributed by atoms with E-state index in [1.807, 2.05) is 43.3 Å². The van der Waals surface area contributed by atoms with E-state index in [0.717, 1.165) is 22.3 Å². The lowest BCUT2D eigenvalue weighted by Crippen LogP contribution is -2.37. The Morgan fingerprint density at radius 3 is 1.85 bits per heavy atom. The Hall–Kier alpha value is -4.37. The summed E-state index contributed by atoms with van der Waals surface area (Å²) in [6.07, 6.45) is 1.70. The molecule has 1 atom stereocenters.